The summed E-state index contributed by atoms with van der Waals surface area (Å²) in [7, 11) is 0. The van der Waals surface area contributed by atoms with E-state index in [9.17, 15) is 9.59 Å². The van der Waals surface area contributed by atoms with Crippen LogP contribution in [0.1, 0.15) is 16.1 Å². The number of halogens is 1. The Morgan fingerprint density at radius 1 is 1.33 bits per heavy atom. The lowest BCUT2D eigenvalue weighted by Gasteiger charge is -2.07. The molecule has 0 aliphatic rings. The van der Waals surface area contributed by atoms with E-state index in [-0.39, 0.29) is 17.4 Å². The Morgan fingerprint density at radius 2 is 2.10 bits per heavy atom. The van der Waals surface area contributed by atoms with Crippen molar-refractivity contribution in [2.45, 2.75) is 12.0 Å². The number of thioether (sulfide) groups is 1. The minimum atomic E-state index is -1.13. The number of hydrogen-bond donors (Lipinski definition) is 2. The minimum Gasteiger partial charge on any atom is -0.475 e. The van der Waals surface area contributed by atoms with Crippen LogP contribution in [0.4, 0.5) is 5.69 Å². The van der Waals surface area contributed by atoms with Crippen molar-refractivity contribution in [1.82, 2.24) is 0 Å². The second kappa shape index (κ2) is 6.82. The van der Waals surface area contributed by atoms with E-state index in [1.807, 2.05) is 25.1 Å². The van der Waals surface area contributed by atoms with Crippen molar-refractivity contribution >= 4 is 45.3 Å². The first kappa shape index (κ1) is 15.7. The summed E-state index contributed by atoms with van der Waals surface area (Å²) in [6, 6.07) is 8.52. The largest absolute Gasteiger partial charge is 0.475 e. The quantitative estimate of drug-likeness (QED) is 0.783. The predicted molar refractivity (Wildman–Crippen MR) is 83.9 cm³/mol. The van der Waals surface area contributed by atoms with Crippen LogP contribution in [0.15, 0.2) is 44.3 Å². The lowest BCUT2D eigenvalue weighted by Crippen LogP contribution is -2.14. The highest BCUT2D eigenvalue weighted by atomic mass is 79.9. The zero-order valence-electron chi connectivity index (χ0n) is 11.1. The van der Waals surface area contributed by atoms with Crippen molar-refractivity contribution < 1.29 is 19.1 Å². The molecule has 0 radical (unpaired) electrons. The average molecular weight is 370 g/mol. The van der Waals surface area contributed by atoms with Gasteiger partial charge in [-0.3, -0.25) is 4.79 Å². The maximum atomic E-state index is 11.9. The zero-order chi connectivity index (χ0) is 15.4. The molecule has 1 aromatic heterocycles. The fourth-order valence-electron chi connectivity index (χ4n) is 1.56. The van der Waals surface area contributed by atoms with E-state index >= 15 is 0 Å². The lowest BCUT2D eigenvalue weighted by atomic mass is 10.2. The monoisotopic (exact) mass is 369 g/mol. The summed E-state index contributed by atoms with van der Waals surface area (Å²) in [5.74, 6) is -1.33. The van der Waals surface area contributed by atoms with Gasteiger partial charge < -0.3 is 14.8 Å². The summed E-state index contributed by atoms with van der Waals surface area (Å²) in [5, 5.41) is 11.9. The van der Waals surface area contributed by atoms with Gasteiger partial charge in [-0.2, -0.15) is 0 Å². The molecule has 21 heavy (non-hydrogen) atoms. The number of benzene rings is 1. The van der Waals surface area contributed by atoms with Gasteiger partial charge in [0, 0.05) is 4.47 Å². The molecular formula is C14H12BrNO4S. The van der Waals surface area contributed by atoms with Gasteiger partial charge in [0.25, 0.3) is 0 Å². The number of rotatable bonds is 5. The van der Waals surface area contributed by atoms with Crippen molar-refractivity contribution in [3.05, 3.63) is 46.1 Å². The average Bonchev–Trinajstić information content (AvgIpc) is 2.89. The van der Waals surface area contributed by atoms with Gasteiger partial charge in [-0.1, -0.05) is 17.8 Å². The van der Waals surface area contributed by atoms with E-state index in [1.54, 1.807) is 0 Å². The molecule has 1 aromatic carbocycles. The first-order valence-corrected chi connectivity index (χ1v) is 7.75. The van der Waals surface area contributed by atoms with E-state index in [0.29, 0.717) is 10.8 Å². The number of anilines is 1. The molecule has 7 heteroatoms. The second-order valence-electron chi connectivity index (χ2n) is 4.24. The van der Waals surface area contributed by atoms with E-state index in [0.717, 1.165) is 21.8 Å². The summed E-state index contributed by atoms with van der Waals surface area (Å²) in [5.41, 5.74) is 1.78. The van der Waals surface area contributed by atoms with Crippen molar-refractivity contribution in [1.29, 1.82) is 0 Å². The smallest absolute Gasteiger partial charge is 0.371 e. The molecule has 5 nitrogen and oxygen atoms in total. The molecule has 0 spiro atoms. The molecule has 2 aromatic rings. The molecule has 110 valence electrons. The Hall–Kier alpha value is -1.73. The van der Waals surface area contributed by atoms with Crippen LogP contribution in [0.2, 0.25) is 0 Å². The van der Waals surface area contributed by atoms with Gasteiger partial charge in [-0.05, 0) is 52.7 Å². The minimum absolute atomic E-state index is 0.132. The van der Waals surface area contributed by atoms with Crippen LogP contribution < -0.4 is 5.32 Å². The van der Waals surface area contributed by atoms with Gasteiger partial charge in [0.15, 0.2) is 5.09 Å². The highest BCUT2D eigenvalue weighted by molar-refractivity contribution is 9.10. The third kappa shape index (κ3) is 4.37. The third-order valence-corrected chi connectivity index (χ3v) is 4.10. The number of aromatic carboxylic acids is 1. The Balaban J connectivity index is 1.91. The molecule has 0 fully saturated rings. The highest BCUT2D eigenvalue weighted by Gasteiger charge is 2.11. The van der Waals surface area contributed by atoms with Crippen LogP contribution in [-0.2, 0) is 4.79 Å². The summed E-state index contributed by atoms with van der Waals surface area (Å²) < 4.78 is 5.87. The normalized spacial score (nSPS) is 10.4. The van der Waals surface area contributed by atoms with Gasteiger partial charge in [-0.15, -0.1) is 0 Å². The topological polar surface area (TPSA) is 79.5 Å². The second-order valence-corrected chi connectivity index (χ2v) is 6.08. The first-order chi connectivity index (χ1) is 9.95. The fraction of sp³-hybridized carbons (Fsp3) is 0.143. The first-order valence-electron chi connectivity index (χ1n) is 5.97. The van der Waals surface area contributed by atoms with E-state index < -0.39 is 5.97 Å². The van der Waals surface area contributed by atoms with Crippen LogP contribution >= 0.6 is 27.7 Å². The van der Waals surface area contributed by atoms with E-state index in [1.165, 1.54) is 12.1 Å². The summed E-state index contributed by atoms with van der Waals surface area (Å²) in [6.07, 6.45) is 0. The van der Waals surface area contributed by atoms with Crippen LogP contribution in [0.3, 0.4) is 0 Å². The van der Waals surface area contributed by atoms with Gasteiger partial charge in [0.1, 0.15) is 0 Å². The molecular weight excluding hydrogens is 358 g/mol. The zero-order valence-corrected chi connectivity index (χ0v) is 13.5. The number of carboxylic acid groups (broad SMARTS) is 1. The van der Waals surface area contributed by atoms with Crippen LogP contribution in [0.5, 0.6) is 0 Å². The Labute approximate surface area is 133 Å². The summed E-state index contributed by atoms with van der Waals surface area (Å²) >= 11 is 4.52. The fourth-order valence-corrected chi connectivity index (χ4v) is 2.81. The van der Waals surface area contributed by atoms with Gasteiger partial charge in [0.2, 0.25) is 11.7 Å². The molecule has 0 bridgehead atoms. The summed E-state index contributed by atoms with van der Waals surface area (Å²) in [4.78, 5) is 22.5. The predicted octanol–water partition coefficient (Wildman–Crippen LogP) is 3.78. The molecule has 2 rings (SSSR count). The lowest BCUT2D eigenvalue weighted by molar-refractivity contribution is -0.113. The molecule has 1 amide bonds. The number of hydrogen-bond acceptors (Lipinski definition) is 4. The van der Waals surface area contributed by atoms with Gasteiger partial charge in [-0.25, -0.2) is 4.79 Å². The molecule has 0 aliphatic heterocycles. The van der Waals surface area contributed by atoms with Crippen molar-refractivity contribution in [3.8, 4) is 0 Å². The number of nitrogens with one attached hydrogen (secondary N) is 1. The SMILES string of the molecule is Cc1ccc(NC(=O)CSc2ccc(C(=O)O)o2)c(Br)c1. The number of carbonyl (C=O) groups excluding carboxylic acids is 1. The number of amides is 1. The van der Waals surface area contributed by atoms with Gasteiger partial charge in [0.05, 0.1) is 11.4 Å². The molecule has 2 N–H and O–H groups in total. The maximum absolute atomic E-state index is 11.9. The number of furan rings is 1. The van der Waals surface area contributed by atoms with Gasteiger partial charge >= 0.3 is 5.97 Å². The third-order valence-electron chi connectivity index (χ3n) is 2.54. The van der Waals surface area contributed by atoms with Crippen molar-refractivity contribution in [2.75, 3.05) is 11.1 Å². The van der Waals surface area contributed by atoms with E-state index in [4.69, 9.17) is 9.52 Å². The van der Waals surface area contributed by atoms with Crippen LogP contribution in [0, 0.1) is 6.92 Å². The van der Waals surface area contributed by atoms with Crippen molar-refractivity contribution in [3.63, 3.8) is 0 Å². The Bertz CT molecular complexity index is 683. The van der Waals surface area contributed by atoms with Crippen LogP contribution in [-0.4, -0.2) is 22.7 Å². The number of carboxylic acids is 1. The number of carbonyl (C=O) groups is 2. The van der Waals surface area contributed by atoms with E-state index in [2.05, 4.69) is 21.2 Å². The molecule has 0 saturated heterocycles. The Kier molecular flexibility index (Phi) is 5.08. The molecule has 0 saturated carbocycles. The Morgan fingerprint density at radius 3 is 2.71 bits per heavy atom. The molecule has 1 heterocycles. The highest BCUT2D eigenvalue weighted by Crippen LogP contribution is 2.25. The maximum Gasteiger partial charge on any atom is 0.371 e. The molecule has 0 aliphatic carbocycles. The molecule has 0 atom stereocenters. The van der Waals surface area contributed by atoms with Crippen molar-refractivity contribution in [2.24, 2.45) is 0 Å². The van der Waals surface area contributed by atoms with Crippen LogP contribution in [0.25, 0.3) is 0 Å². The standard InChI is InChI=1S/C14H12BrNO4S/c1-8-2-3-10(9(15)6-8)16-12(17)7-21-13-5-4-11(20-13)14(18)19/h2-6H,7H2,1H3,(H,16,17)(H,18,19). The summed E-state index contributed by atoms with van der Waals surface area (Å²) in [6.45, 7) is 1.96. The molecule has 0 unspecified atom stereocenters. The number of aryl methyl sites for hydroxylation is 1.